The summed E-state index contributed by atoms with van der Waals surface area (Å²) >= 11 is 13.8. The molecule has 0 amide bonds. The standard InChI is InChI=1S/C15H18Cl2N2S/c1-19(7-6-12-3-2-8-20-12)15(10-18)11-4-5-13(16)14(17)9-11/h2-5,8-9,15H,6-7,10,18H2,1H3. The first-order valence-corrected chi connectivity index (χ1v) is 8.13. The summed E-state index contributed by atoms with van der Waals surface area (Å²) in [5.74, 6) is 0. The van der Waals surface area contributed by atoms with Crippen molar-refractivity contribution in [1.82, 2.24) is 4.90 Å². The summed E-state index contributed by atoms with van der Waals surface area (Å²) in [4.78, 5) is 3.65. The molecular formula is C15H18Cl2N2S. The second-order valence-corrected chi connectivity index (χ2v) is 6.58. The number of hydrogen-bond acceptors (Lipinski definition) is 3. The van der Waals surface area contributed by atoms with Gasteiger partial charge in [0.2, 0.25) is 0 Å². The van der Waals surface area contributed by atoms with Crippen LogP contribution in [0.3, 0.4) is 0 Å². The number of nitrogens with zero attached hydrogens (tertiary/aromatic N) is 1. The number of halogens is 2. The molecule has 0 fully saturated rings. The Morgan fingerprint density at radius 3 is 2.65 bits per heavy atom. The molecule has 0 bridgehead atoms. The molecule has 1 heterocycles. The fraction of sp³-hybridized carbons (Fsp3) is 0.333. The maximum absolute atomic E-state index is 6.09. The number of rotatable bonds is 6. The van der Waals surface area contributed by atoms with E-state index in [-0.39, 0.29) is 6.04 Å². The van der Waals surface area contributed by atoms with Gasteiger partial charge >= 0.3 is 0 Å². The molecule has 1 atom stereocenters. The summed E-state index contributed by atoms with van der Waals surface area (Å²) in [7, 11) is 2.09. The molecule has 108 valence electrons. The molecule has 2 aromatic rings. The molecule has 0 saturated carbocycles. The van der Waals surface area contributed by atoms with E-state index >= 15 is 0 Å². The molecule has 0 saturated heterocycles. The van der Waals surface area contributed by atoms with Gasteiger partial charge in [-0.1, -0.05) is 35.3 Å². The van der Waals surface area contributed by atoms with E-state index < -0.39 is 0 Å². The zero-order valence-corrected chi connectivity index (χ0v) is 13.7. The fourth-order valence-corrected chi connectivity index (χ4v) is 3.19. The normalized spacial score (nSPS) is 12.8. The number of likely N-dealkylation sites (N-methyl/N-ethyl adjacent to an activating group) is 1. The molecule has 5 heteroatoms. The largest absolute Gasteiger partial charge is 0.329 e. The smallest absolute Gasteiger partial charge is 0.0595 e. The van der Waals surface area contributed by atoms with Gasteiger partial charge in [-0.05, 0) is 42.6 Å². The molecule has 1 unspecified atom stereocenters. The van der Waals surface area contributed by atoms with Gasteiger partial charge in [0, 0.05) is 24.0 Å². The van der Waals surface area contributed by atoms with Crippen LogP contribution in [0.2, 0.25) is 10.0 Å². The van der Waals surface area contributed by atoms with Crippen LogP contribution in [-0.4, -0.2) is 25.0 Å². The third-order valence-electron chi connectivity index (χ3n) is 3.37. The molecule has 2 N–H and O–H groups in total. The van der Waals surface area contributed by atoms with Gasteiger partial charge in [-0.2, -0.15) is 0 Å². The van der Waals surface area contributed by atoms with Gasteiger partial charge in [0.25, 0.3) is 0 Å². The van der Waals surface area contributed by atoms with Crippen LogP contribution in [0.25, 0.3) is 0 Å². The number of nitrogens with two attached hydrogens (primary N) is 1. The number of thiophene rings is 1. The van der Waals surface area contributed by atoms with Crippen molar-refractivity contribution in [1.29, 1.82) is 0 Å². The first kappa shape index (κ1) is 15.8. The minimum atomic E-state index is 0.157. The van der Waals surface area contributed by atoms with E-state index in [1.54, 1.807) is 11.3 Å². The van der Waals surface area contributed by atoms with Gasteiger partial charge < -0.3 is 5.73 Å². The zero-order chi connectivity index (χ0) is 14.5. The van der Waals surface area contributed by atoms with E-state index in [1.165, 1.54) is 4.88 Å². The molecule has 0 aliphatic rings. The Balaban J connectivity index is 2.04. The summed E-state index contributed by atoms with van der Waals surface area (Å²) in [5.41, 5.74) is 7.03. The summed E-state index contributed by atoms with van der Waals surface area (Å²) in [5, 5.41) is 3.26. The summed E-state index contributed by atoms with van der Waals surface area (Å²) in [6, 6.07) is 10.1. The Labute approximate surface area is 134 Å². The van der Waals surface area contributed by atoms with Crippen LogP contribution >= 0.6 is 34.5 Å². The lowest BCUT2D eigenvalue weighted by atomic mass is 10.1. The Bertz CT molecular complexity index is 543. The van der Waals surface area contributed by atoms with Crippen molar-refractivity contribution in [2.75, 3.05) is 20.1 Å². The molecular weight excluding hydrogens is 311 g/mol. The van der Waals surface area contributed by atoms with Crippen LogP contribution in [0.1, 0.15) is 16.5 Å². The average Bonchev–Trinajstić information content (AvgIpc) is 2.94. The van der Waals surface area contributed by atoms with E-state index in [4.69, 9.17) is 28.9 Å². The van der Waals surface area contributed by atoms with Gasteiger partial charge in [0.05, 0.1) is 10.0 Å². The molecule has 0 aliphatic carbocycles. The van der Waals surface area contributed by atoms with Gasteiger partial charge in [-0.3, -0.25) is 4.90 Å². The van der Waals surface area contributed by atoms with Crippen molar-refractivity contribution in [3.63, 3.8) is 0 Å². The second kappa shape index (κ2) is 7.43. The lowest BCUT2D eigenvalue weighted by Crippen LogP contribution is -2.32. The highest BCUT2D eigenvalue weighted by Crippen LogP contribution is 2.27. The Kier molecular flexibility index (Phi) is 5.87. The minimum Gasteiger partial charge on any atom is -0.329 e. The number of hydrogen-bond donors (Lipinski definition) is 1. The fourth-order valence-electron chi connectivity index (χ4n) is 2.19. The first-order valence-electron chi connectivity index (χ1n) is 6.49. The summed E-state index contributed by atoms with van der Waals surface area (Å²) in [6.45, 7) is 1.52. The summed E-state index contributed by atoms with van der Waals surface area (Å²) < 4.78 is 0. The van der Waals surface area contributed by atoms with E-state index in [0.29, 0.717) is 16.6 Å². The van der Waals surface area contributed by atoms with Crippen LogP contribution in [0.4, 0.5) is 0 Å². The second-order valence-electron chi connectivity index (χ2n) is 4.74. The topological polar surface area (TPSA) is 29.3 Å². The lowest BCUT2D eigenvalue weighted by molar-refractivity contribution is 0.254. The highest BCUT2D eigenvalue weighted by molar-refractivity contribution is 7.09. The highest BCUT2D eigenvalue weighted by atomic mass is 35.5. The van der Waals surface area contributed by atoms with Crippen molar-refractivity contribution < 1.29 is 0 Å². The van der Waals surface area contributed by atoms with Crippen molar-refractivity contribution in [3.8, 4) is 0 Å². The van der Waals surface area contributed by atoms with Crippen LogP contribution in [-0.2, 0) is 6.42 Å². The zero-order valence-electron chi connectivity index (χ0n) is 11.4. The van der Waals surface area contributed by atoms with Crippen molar-refractivity contribution in [2.45, 2.75) is 12.5 Å². The van der Waals surface area contributed by atoms with Gasteiger partial charge in [0.1, 0.15) is 0 Å². The van der Waals surface area contributed by atoms with Gasteiger partial charge in [-0.25, -0.2) is 0 Å². The quantitative estimate of drug-likeness (QED) is 0.859. The molecule has 2 rings (SSSR count). The molecule has 0 aliphatic heterocycles. The predicted molar refractivity (Wildman–Crippen MR) is 88.9 cm³/mol. The Morgan fingerprint density at radius 1 is 1.25 bits per heavy atom. The van der Waals surface area contributed by atoms with Crippen LogP contribution in [0.15, 0.2) is 35.7 Å². The molecule has 1 aromatic carbocycles. The van der Waals surface area contributed by atoms with Gasteiger partial charge in [-0.15, -0.1) is 11.3 Å². The predicted octanol–water partition coefficient (Wildman–Crippen LogP) is 4.23. The molecule has 1 aromatic heterocycles. The Hall–Kier alpha value is -0.580. The average molecular weight is 329 g/mol. The third-order valence-corrected chi connectivity index (χ3v) is 5.05. The van der Waals surface area contributed by atoms with Crippen molar-refractivity contribution >= 4 is 34.5 Å². The van der Waals surface area contributed by atoms with E-state index in [9.17, 15) is 0 Å². The lowest BCUT2D eigenvalue weighted by Gasteiger charge is -2.27. The van der Waals surface area contributed by atoms with Crippen LogP contribution < -0.4 is 5.73 Å². The van der Waals surface area contributed by atoms with Crippen LogP contribution in [0.5, 0.6) is 0 Å². The monoisotopic (exact) mass is 328 g/mol. The summed E-state index contributed by atoms with van der Waals surface area (Å²) in [6.07, 6.45) is 1.03. The van der Waals surface area contributed by atoms with Crippen molar-refractivity contribution in [2.24, 2.45) is 5.73 Å². The molecule has 0 spiro atoms. The Morgan fingerprint density at radius 2 is 2.05 bits per heavy atom. The van der Waals surface area contributed by atoms with E-state index in [2.05, 4.69) is 29.5 Å². The SMILES string of the molecule is CN(CCc1cccs1)C(CN)c1ccc(Cl)c(Cl)c1. The number of benzene rings is 1. The molecule has 2 nitrogen and oxygen atoms in total. The van der Waals surface area contributed by atoms with Crippen molar-refractivity contribution in [3.05, 3.63) is 56.2 Å². The van der Waals surface area contributed by atoms with E-state index in [1.807, 2.05) is 18.2 Å². The maximum Gasteiger partial charge on any atom is 0.0595 e. The van der Waals surface area contributed by atoms with E-state index in [0.717, 1.165) is 18.5 Å². The minimum absolute atomic E-state index is 0.157. The van der Waals surface area contributed by atoms with Gasteiger partial charge in [0.15, 0.2) is 0 Å². The van der Waals surface area contributed by atoms with Crippen LogP contribution in [0, 0.1) is 0 Å². The molecule has 0 radical (unpaired) electrons. The third kappa shape index (κ3) is 3.96. The maximum atomic E-state index is 6.09. The highest BCUT2D eigenvalue weighted by Gasteiger charge is 2.16. The molecule has 20 heavy (non-hydrogen) atoms. The first-order chi connectivity index (χ1) is 9.61.